The quantitative estimate of drug-likeness (QED) is 0.913. The molecule has 0 spiro atoms. The summed E-state index contributed by atoms with van der Waals surface area (Å²) >= 11 is 3.42. The van der Waals surface area contributed by atoms with Crippen LogP contribution in [0.4, 0.5) is 5.69 Å². The molecule has 2 aromatic carbocycles. The number of anilines is 1. The smallest absolute Gasteiger partial charge is 0.103 e. The van der Waals surface area contributed by atoms with Crippen LogP contribution in [0.25, 0.3) is 0 Å². The standard InChI is InChI=1S/C16H13BrN2/c17-15-6-3-7-16(14(15)10-18)19-13-8-11-4-1-2-5-12(11)9-13/h1-7,13,19H,8-9H2. The topological polar surface area (TPSA) is 35.8 Å². The maximum Gasteiger partial charge on any atom is 0.103 e. The summed E-state index contributed by atoms with van der Waals surface area (Å²) in [7, 11) is 0. The van der Waals surface area contributed by atoms with Gasteiger partial charge in [0.25, 0.3) is 0 Å². The molecule has 0 amide bonds. The van der Waals surface area contributed by atoms with Crippen molar-refractivity contribution in [2.45, 2.75) is 18.9 Å². The Kier molecular flexibility index (Phi) is 3.27. The molecule has 2 nitrogen and oxygen atoms in total. The van der Waals surface area contributed by atoms with Gasteiger partial charge in [0.15, 0.2) is 0 Å². The van der Waals surface area contributed by atoms with Gasteiger partial charge in [-0.25, -0.2) is 0 Å². The summed E-state index contributed by atoms with van der Waals surface area (Å²) in [5.74, 6) is 0. The van der Waals surface area contributed by atoms with Crippen molar-refractivity contribution in [2.75, 3.05) is 5.32 Å². The highest BCUT2D eigenvalue weighted by molar-refractivity contribution is 9.10. The first-order valence-corrected chi connectivity index (χ1v) is 7.09. The fraction of sp³-hybridized carbons (Fsp3) is 0.188. The predicted molar refractivity (Wildman–Crippen MR) is 80.1 cm³/mol. The van der Waals surface area contributed by atoms with E-state index in [4.69, 9.17) is 0 Å². The summed E-state index contributed by atoms with van der Waals surface area (Å²) < 4.78 is 0.843. The van der Waals surface area contributed by atoms with Crippen LogP contribution in [-0.4, -0.2) is 6.04 Å². The van der Waals surface area contributed by atoms with Gasteiger partial charge < -0.3 is 5.32 Å². The van der Waals surface area contributed by atoms with Crippen molar-refractivity contribution in [3.8, 4) is 6.07 Å². The first kappa shape index (κ1) is 12.3. The molecule has 1 N–H and O–H groups in total. The van der Waals surface area contributed by atoms with Crippen molar-refractivity contribution in [1.82, 2.24) is 0 Å². The zero-order valence-corrected chi connectivity index (χ0v) is 11.9. The molecule has 0 heterocycles. The minimum Gasteiger partial charge on any atom is -0.381 e. The zero-order chi connectivity index (χ0) is 13.2. The molecule has 0 aliphatic heterocycles. The largest absolute Gasteiger partial charge is 0.381 e. The van der Waals surface area contributed by atoms with Crippen LogP contribution in [0.3, 0.4) is 0 Å². The second-order valence-corrected chi connectivity index (χ2v) is 5.65. The van der Waals surface area contributed by atoms with E-state index in [0.717, 1.165) is 23.0 Å². The summed E-state index contributed by atoms with van der Waals surface area (Å²) in [6.07, 6.45) is 2.04. The highest BCUT2D eigenvalue weighted by Gasteiger charge is 2.21. The monoisotopic (exact) mass is 312 g/mol. The third-order valence-electron chi connectivity index (χ3n) is 3.54. The van der Waals surface area contributed by atoms with Gasteiger partial charge in [0.05, 0.1) is 11.3 Å². The summed E-state index contributed by atoms with van der Waals surface area (Å²) in [4.78, 5) is 0. The molecule has 1 aliphatic rings. The number of nitriles is 1. The third-order valence-corrected chi connectivity index (χ3v) is 4.20. The van der Waals surface area contributed by atoms with Crippen molar-refractivity contribution in [3.63, 3.8) is 0 Å². The van der Waals surface area contributed by atoms with Gasteiger partial charge in [-0.3, -0.25) is 0 Å². The summed E-state index contributed by atoms with van der Waals surface area (Å²) in [6.45, 7) is 0. The molecule has 0 saturated heterocycles. The van der Waals surface area contributed by atoms with Crippen LogP contribution in [0.5, 0.6) is 0 Å². The number of benzene rings is 2. The highest BCUT2D eigenvalue weighted by atomic mass is 79.9. The molecular formula is C16H13BrN2. The summed E-state index contributed by atoms with van der Waals surface area (Å²) in [6, 6.07) is 17.0. The molecule has 0 atom stereocenters. The number of nitrogens with one attached hydrogen (secondary N) is 1. The lowest BCUT2D eigenvalue weighted by atomic mass is 10.1. The Morgan fingerprint density at radius 3 is 2.37 bits per heavy atom. The van der Waals surface area contributed by atoms with Gasteiger partial charge in [-0.05, 0) is 52.0 Å². The molecule has 0 radical (unpaired) electrons. The van der Waals surface area contributed by atoms with Crippen LogP contribution in [-0.2, 0) is 12.8 Å². The van der Waals surface area contributed by atoms with E-state index in [9.17, 15) is 5.26 Å². The van der Waals surface area contributed by atoms with Crippen molar-refractivity contribution < 1.29 is 0 Å². The molecule has 0 unspecified atom stereocenters. The lowest BCUT2D eigenvalue weighted by Gasteiger charge is -2.15. The average Bonchev–Trinajstić information content (AvgIpc) is 2.81. The lowest BCUT2D eigenvalue weighted by molar-refractivity contribution is 0.774. The molecule has 2 aromatic rings. The van der Waals surface area contributed by atoms with Gasteiger partial charge in [-0.1, -0.05) is 30.3 Å². The molecule has 3 heteroatoms. The van der Waals surface area contributed by atoms with Gasteiger partial charge in [-0.2, -0.15) is 5.26 Å². The Morgan fingerprint density at radius 1 is 1.05 bits per heavy atom. The Balaban J connectivity index is 1.82. The SMILES string of the molecule is N#Cc1c(Br)cccc1NC1Cc2ccccc2C1. The molecule has 0 aromatic heterocycles. The van der Waals surface area contributed by atoms with E-state index in [1.165, 1.54) is 11.1 Å². The Hall–Kier alpha value is -1.79. The van der Waals surface area contributed by atoms with Crippen LogP contribution in [0, 0.1) is 11.3 Å². The first-order valence-electron chi connectivity index (χ1n) is 6.30. The Morgan fingerprint density at radius 2 is 1.74 bits per heavy atom. The second kappa shape index (κ2) is 5.07. The molecule has 0 fully saturated rings. The third kappa shape index (κ3) is 2.36. The number of hydrogen-bond acceptors (Lipinski definition) is 2. The minimum absolute atomic E-state index is 0.374. The van der Waals surface area contributed by atoms with Crippen LogP contribution in [0.1, 0.15) is 16.7 Å². The zero-order valence-electron chi connectivity index (χ0n) is 10.4. The van der Waals surface area contributed by atoms with Gasteiger partial charge in [0.1, 0.15) is 6.07 Å². The van der Waals surface area contributed by atoms with E-state index in [2.05, 4.69) is 51.6 Å². The maximum atomic E-state index is 9.23. The minimum atomic E-state index is 0.374. The molecule has 1 aliphatic carbocycles. The van der Waals surface area contributed by atoms with Crippen LogP contribution in [0.2, 0.25) is 0 Å². The summed E-state index contributed by atoms with van der Waals surface area (Å²) in [5.41, 5.74) is 4.41. The number of rotatable bonds is 2. The van der Waals surface area contributed by atoms with E-state index >= 15 is 0 Å². The van der Waals surface area contributed by atoms with Crippen LogP contribution >= 0.6 is 15.9 Å². The molecular weight excluding hydrogens is 300 g/mol. The van der Waals surface area contributed by atoms with Gasteiger partial charge in [-0.15, -0.1) is 0 Å². The van der Waals surface area contributed by atoms with Crippen LogP contribution in [0.15, 0.2) is 46.9 Å². The Bertz CT molecular complexity index is 633. The van der Waals surface area contributed by atoms with Gasteiger partial charge in [0, 0.05) is 10.5 Å². The predicted octanol–water partition coefficient (Wildman–Crippen LogP) is 3.90. The fourth-order valence-electron chi connectivity index (χ4n) is 2.64. The van der Waals surface area contributed by atoms with E-state index in [-0.39, 0.29) is 0 Å². The first-order chi connectivity index (χ1) is 9.28. The number of nitrogens with zero attached hydrogens (tertiary/aromatic N) is 1. The van der Waals surface area contributed by atoms with Crippen LogP contribution < -0.4 is 5.32 Å². The van der Waals surface area contributed by atoms with E-state index in [1.54, 1.807) is 0 Å². The van der Waals surface area contributed by atoms with Crippen molar-refractivity contribution in [1.29, 1.82) is 5.26 Å². The van der Waals surface area contributed by atoms with E-state index in [0.29, 0.717) is 11.6 Å². The number of halogens is 1. The second-order valence-electron chi connectivity index (χ2n) is 4.79. The fourth-order valence-corrected chi connectivity index (χ4v) is 3.09. The lowest BCUT2D eigenvalue weighted by Crippen LogP contribution is -2.20. The van der Waals surface area contributed by atoms with Crippen molar-refractivity contribution in [3.05, 3.63) is 63.6 Å². The molecule has 3 rings (SSSR count). The maximum absolute atomic E-state index is 9.23. The molecule has 19 heavy (non-hydrogen) atoms. The molecule has 0 bridgehead atoms. The molecule has 94 valence electrons. The average molecular weight is 313 g/mol. The van der Waals surface area contributed by atoms with Crippen molar-refractivity contribution in [2.24, 2.45) is 0 Å². The van der Waals surface area contributed by atoms with E-state index in [1.807, 2.05) is 18.2 Å². The van der Waals surface area contributed by atoms with E-state index < -0.39 is 0 Å². The van der Waals surface area contributed by atoms with Gasteiger partial charge >= 0.3 is 0 Å². The number of hydrogen-bond donors (Lipinski definition) is 1. The number of fused-ring (bicyclic) bond motifs is 1. The van der Waals surface area contributed by atoms with Crippen molar-refractivity contribution >= 4 is 21.6 Å². The Labute approximate surface area is 121 Å². The summed E-state index contributed by atoms with van der Waals surface area (Å²) in [5, 5.41) is 12.7. The molecule has 0 saturated carbocycles. The highest BCUT2D eigenvalue weighted by Crippen LogP contribution is 2.28. The van der Waals surface area contributed by atoms with Gasteiger partial charge in [0.2, 0.25) is 0 Å². The normalized spacial score (nSPS) is 13.9.